The Hall–Kier alpha value is -9.92. The van der Waals surface area contributed by atoms with E-state index >= 15 is 0 Å². The number of hydrogen-bond acceptors (Lipinski definition) is 4. The van der Waals surface area contributed by atoms with Crippen molar-refractivity contribution in [3.63, 3.8) is 0 Å². The normalized spacial score (nSPS) is 13.1. The molecule has 7 nitrogen and oxygen atoms in total. The lowest BCUT2D eigenvalue weighted by molar-refractivity contribution is -0.572. The third-order valence-corrected chi connectivity index (χ3v) is 17.6. The van der Waals surface area contributed by atoms with Crippen molar-refractivity contribution in [2.45, 2.75) is 78.6 Å². The lowest BCUT2D eigenvalue weighted by Gasteiger charge is -2.44. The van der Waals surface area contributed by atoms with E-state index in [1.165, 1.54) is 55.8 Å². The van der Waals surface area contributed by atoms with Crippen LogP contribution in [-0.4, -0.2) is 20.8 Å². The highest BCUT2D eigenvalue weighted by Gasteiger charge is 2.43. The summed E-state index contributed by atoms with van der Waals surface area (Å²) in [6.07, 6.45) is 5.73. The molecule has 0 N–H and O–H groups in total. The Labute approximate surface area is 504 Å². The second kappa shape index (κ2) is 19.9. The van der Waals surface area contributed by atoms with E-state index in [4.69, 9.17) is 9.72 Å². The zero-order valence-corrected chi connectivity index (χ0v) is 50.3. The van der Waals surface area contributed by atoms with E-state index in [9.17, 15) is 0 Å². The average Bonchev–Trinajstić information content (AvgIpc) is 0.899. The van der Waals surface area contributed by atoms with Gasteiger partial charge in [-0.1, -0.05) is 178 Å². The number of rotatable bonds is 8. The number of nitrogens with zero attached hydrogens (tertiary/aromatic N) is 6. The van der Waals surface area contributed by atoms with Crippen LogP contribution in [0.1, 0.15) is 79.0 Å². The van der Waals surface area contributed by atoms with Gasteiger partial charge < -0.3 is 14.5 Å². The minimum Gasteiger partial charge on any atom is -0.458 e. The second-order valence-corrected chi connectivity index (χ2v) is 26.3. The number of benzene rings is 10. The van der Waals surface area contributed by atoms with Crippen LogP contribution in [0.2, 0.25) is 0 Å². The fourth-order valence-electron chi connectivity index (χ4n) is 13.1. The number of aromatic nitrogens is 4. The molecular weight excluding hydrogens is 1050 g/mol. The molecule has 0 fully saturated rings. The monoisotopic (exact) mass is 1110 g/mol. The summed E-state index contributed by atoms with van der Waals surface area (Å²) in [5.74, 6) is 2.30. The van der Waals surface area contributed by atoms with Crippen molar-refractivity contribution in [1.82, 2.24) is 14.1 Å². The van der Waals surface area contributed by atoms with Gasteiger partial charge in [0, 0.05) is 57.2 Å². The molecule has 0 saturated carbocycles. The van der Waals surface area contributed by atoms with Gasteiger partial charge in [0.05, 0.1) is 33.4 Å². The van der Waals surface area contributed by atoms with Gasteiger partial charge in [0.1, 0.15) is 17.3 Å². The van der Waals surface area contributed by atoms with Gasteiger partial charge in [0.2, 0.25) is 0 Å². The van der Waals surface area contributed by atoms with Gasteiger partial charge in [-0.3, -0.25) is 13.7 Å². The maximum Gasteiger partial charge on any atom is 0.269 e. The van der Waals surface area contributed by atoms with Gasteiger partial charge in [-0.15, -0.1) is 0 Å². The third kappa shape index (κ3) is 8.88. The van der Waals surface area contributed by atoms with Crippen LogP contribution in [0.5, 0.6) is 11.5 Å². The van der Waals surface area contributed by atoms with Gasteiger partial charge in [-0.25, -0.2) is 4.98 Å². The number of imidazole rings is 1. The van der Waals surface area contributed by atoms with Crippen LogP contribution >= 0.6 is 0 Å². The summed E-state index contributed by atoms with van der Waals surface area (Å²) < 4.78 is 13.7. The molecule has 2 aliphatic rings. The smallest absolute Gasteiger partial charge is 0.269 e. The minimum absolute atomic E-state index is 0.0278. The van der Waals surface area contributed by atoms with Gasteiger partial charge in [-0.2, -0.15) is 0 Å². The summed E-state index contributed by atoms with van der Waals surface area (Å²) in [4.78, 5) is 10.1. The first-order valence-electron chi connectivity index (χ1n) is 30.0. The first-order chi connectivity index (χ1) is 41.5. The Morgan fingerprint density at radius 2 is 1.00 bits per heavy atom. The SMILES string of the molecule is CC(C)(C)c1cc(-[n+]2[c-]n(-c3cccc(Oc4ccc5c6cc(-c7cc8c9c(c7)N(c7ccccc7)c7ccccc7B9c7ccccc7N8c7ccccc7)ccc6n(-c6cc(C(C)(C)C)ccn6)c5c4)c3)c3ccccc32)cc(C(C)(C)C)c1. The summed E-state index contributed by atoms with van der Waals surface area (Å²) in [5.41, 5.74) is 22.9. The zero-order chi connectivity index (χ0) is 58.8. The van der Waals surface area contributed by atoms with Crippen LogP contribution in [0, 0.1) is 6.33 Å². The summed E-state index contributed by atoms with van der Waals surface area (Å²) in [6.45, 7) is 20.5. The number of anilines is 6. The van der Waals surface area contributed by atoms with E-state index in [1.807, 2.05) is 12.3 Å². The molecule has 13 aromatic rings. The van der Waals surface area contributed by atoms with E-state index < -0.39 is 0 Å². The van der Waals surface area contributed by atoms with Crippen molar-refractivity contribution in [2.24, 2.45) is 0 Å². The van der Waals surface area contributed by atoms with Crippen LogP contribution < -0.4 is 35.5 Å². The average molecular weight is 1120 g/mol. The highest BCUT2D eigenvalue weighted by atomic mass is 16.5. The lowest BCUT2D eigenvalue weighted by atomic mass is 9.33. The zero-order valence-electron chi connectivity index (χ0n) is 50.3. The molecule has 5 heterocycles. The third-order valence-electron chi connectivity index (χ3n) is 17.6. The molecule has 0 aliphatic carbocycles. The number of fused-ring (bicyclic) bond motifs is 8. The molecule has 0 amide bonds. The lowest BCUT2D eigenvalue weighted by Crippen LogP contribution is -2.61. The van der Waals surface area contributed by atoms with Gasteiger partial charge >= 0.3 is 0 Å². The van der Waals surface area contributed by atoms with Gasteiger partial charge in [0.25, 0.3) is 13.0 Å². The molecule has 3 aromatic heterocycles. The second-order valence-electron chi connectivity index (χ2n) is 26.3. The molecule has 8 heteroatoms. The summed E-state index contributed by atoms with van der Waals surface area (Å²) in [6, 6.07) is 86.3. The fraction of sp³-hybridized carbons (Fsp3) is 0.154. The van der Waals surface area contributed by atoms with E-state index in [1.54, 1.807) is 0 Å². The summed E-state index contributed by atoms with van der Waals surface area (Å²) in [5, 5.41) is 2.23. The molecule has 0 radical (unpaired) electrons. The topological polar surface area (TPSA) is 42.3 Å². The molecule has 0 saturated heterocycles. The Morgan fingerprint density at radius 1 is 0.419 bits per heavy atom. The quantitative estimate of drug-likeness (QED) is 0.0864. The Morgan fingerprint density at radius 3 is 1.64 bits per heavy atom. The van der Waals surface area contributed by atoms with Crippen LogP contribution in [0.25, 0.3) is 61.2 Å². The largest absolute Gasteiger partial charge is 0.458 e. The maximum absolute atomic E-state index is 6.97. The Balaban J connectivity index is 0.879. The fourth-order valence-corrected chi connectivity index (χ4v) is 13.1. The predicted molar refractivity (Wildman–Crippen MR) is 358 cm³/mol. The number of hydrogen-bond donors (Lipinski definition) is 0. The minimum atomic E-state index is -0.0927. The first kappa shape index (κ1) is 52.9. The molecule has 0 unspecified atom stereocenters. The molecule has 0 atom stereocenters. The number of ether oxygens (including phenoxy) is 1. The molecule has 15 rings (SSSR count). The summed E-state index contributed by atoms with van der Waals surface area (Å²) >= 11 is 0. The van der Waals surface area contributed by atoms with Crippen molar-refractivity contribution < 1.29 is 9.30 Å². The van der Waals surface area contributed by atoms with Crippen molar-refractivity contribution in [2.75, 3.05) is 9.80 Å². The molecule has 0 spiro atoms. The molecule has 0 bridgehead atoms. The molecule has 10 aromatic carbocycles. The van der Waals surface area contributed by atoms with E-state index in [2.05, 4.69) is 323 Å². The predicted octanol–water partition coefficient (Wildman–Crippen LogP) is 17.6. The van der Waals surface area contributed by atoms with Crippen LogP contribution in [0.15, 0.2) is 243 Å². The van der Waals surface area contributed by atoms with Gasteiger partial charge in [-0.05, 0) is 176 Å². The van der Waals surface area contributed by atoms with Gasteiger partial charge in [0.15, 0.2) is 0 Å². The van der Waals surface area contributed by atoms with Crippen LogP contribution in [0.4, 0.5) is 34.1 Å². The maximum atomic E-state index is 6.97. The number of para-hydroxylation sites is 6. The highest BCUT2D eigenvalue weighted by molar-refractivity contribution is 7.00. The summed E-state index contributed by atoms with van der Waals surface area (Å²) in [7, 11) is 0. The van der Waals surface area contributed by atoms with Crippen LogP contribution in [0.3, 0.4) is 0 Å². The Kier molecular flexibility index (Phi) is 12.2. The van der Waals surface area contributed by atoms with E-state index in [-0.39, 0.29) is 23.0 Å². The van der Waals surface area contributed by atoms with E-state index in [0.29, 0.717) is 0 Å². The molecular formula is C78H67BN6O. The Bertz CT molecular complexity index is 4680. The first-order valence-corrected chi connectivity index (χ1v) is 30.0. The van der Waals surface area contributed by atoms with Crippen molar-refractivity contribution in [1.29, 1.82) is 0 Å². The highest BCUT2D eigenvalue weighted by Crippen LogP contribution is 2.47. The number of pyridine rings is 1. The van der Waals surface area contributed by atoms with Crippen molar-refractivity contribution >= 4 is 90.1 Å². The van der Waals surface area contributed by atoms with Crippen molar-refractivity contribution in [3.05, 3.63) is 266 Å². The van der Waals surface area contributed by atoms with E-state index in [0.717, 1.165) is 84.0 Å². The van der Waals surface area contributed by atoms with Crippen LogP contribution in [-0.2, 0) is 16.2 Å². The molecule has 86 heavy (non-hydrogen) atoms. The standard InChI is InChI=1S/C78H67BN6O/c1-76(2,3)53-39-40-80-74(47-53)85-66-38-35-51(52-42-72-75-73(43-52)84(57-25-14-11-15-26-57)68-32-19-17-30-65(68)79(75)64-29-16-18-31-67(64)83(72)56-23-12-10-13-24-56)41-63(66)62-37-36-61(49-71(62)85)86-60-28-22-27-58(48-60)81-50-82(70-34-21-20-33-69(70)81)59-45-54(77(4,5)6)44-55(46-59)78(7,8)9/h10-49H,1-9H3. The molecule has 418 valence electrons. The van der Waals surface area contributed by atoms with Crippen molar-refractivity contribution in [3.8, 4) is 39.8 Å². The molecule has 2 aliphatic heterocycles.